The molecule has 1 aliphatic heterocycles. The normalized spacial score (nSPS) is 12.6. The molecule has 0 aromatic heterocycles. The molecule has 0 saturated heterocycles. The molecule has 1 aliphatic rings. The first-order valence-electron chi connectivity index (χ1n) is 8.22. The maximum Gasteiger partial charge on any atom is 0.335 e. The van der Waals surface area contributed by atoms with E-state index in [4.69, 9.17) is 5.11 Å². The van der Waals surface area contributed by atoms with Crippen molar-refractivity contribution in [2.75, 3.05) is 10.2 Å². The number of aromatic carboxylic acids is 1. The molecule has 4 heteroatoms. The van der Waals surface area contributed by atoms with Gasteiger partial charge in [-0.3, -0.25) is 0 Å². The number of para-hydroxylation sites is 3. The van der Waals surface area contributed by atoms with Crippen LogP contribution in [-0.2, 0) is 13.1 Å². The Balaban J connectivity index is 1.69. The zero-order chi connectivity index (χ0) is 17.2. The van der Waals surface area contributed by atoms with E-state index in [2.05, 4.69) is 40.5 Å². The minimum absolute atomic E-state index is 0.312. The lowest BCUT2D eigenvalue weighted by Gasteiger charge is -2.25. The predicted octanol–water partition coefficient (Wildman–Crippen LogP) is 4.65. The lowest BCUT2D eigenvalue weighted by atomic mass is 10.1. The van der Waals surface area contributed by atoms with Crippen LogP contribution in [0, 0.1) is 0 Å². The van der Waals surface area contributed by atoms with E-state index < -0.39 is 5.97 Å². The van der Waals surface area contributed by atoms with E-state index in [9.17, 15) is 4.79 Å². The molecule has 0 radical (unpaired) electrons. The second-order valence-electron chi connectivity index (χ2n) is 6.16. The molecule has 0 unspecified atom stereocenters. The van der Waals surface area contributed by atoms with E-state index in [1.807, 2.05) is 30.3 Å². The van der Waals surface area contributed by atoms with E-state index in [0.717, 1.165) is 29.2 Å². The summed E-state index contributed by atoms with van der Waals surface area (Å²) in [6, 6.07) is 23.7. The summed E-state index contributed by atoms with van der Waals surface area (Å²) in [5.41, 5.74) is 5.97. The second kappa shape index (κ2) is 6.32. The summed E-state index contributed by atoms with van der Waals surface area (Å²) in [6.45, 7) is 1.51. The number of hydrogen-bond donors (Lipinski definition) is 2. The summed E-state index contributed by atoms with van der Waals surface area (Å²) >= 11 is 0. The van der Waals surface area contributed by atoms with Crippen molar-refractivity contribution in [3.63, 3.8) is 0 Å². The summed E-state index contributed by atoms with van der Waals surface area (Å²) in [6.07, 6.45) is 0. The summed E-state index contributed by atoms with van der Waals surface area (Å²) in [4.78, 5) is 13.3. The van der Waals surface area contributed by atoms with Crippen LogP contribution in [0.1, 0.15) is 21.5 Å². The third-order valence-electron chi connectivity index (χ3n) is 4.47. The van der Waals surface area contributed by atoms with E-state index in [1.165, 1.54) is 5.56 Å². The van der Waals surface area contributed by atoms with Crippen LogP contribution in [0.2, 0.25) is 0 Å². The number of benzene rings is 3. The van der Waals surface area contributed by atoms with Crippen LogP contribution in [-0.4, -0.2) is 11.1 Å². The number of nitrogens with one attached hydrogen (secondary N) is 1. The Morgan fingerprint density at radius 3 is 2.36 bits per heavy atom. The van der Waals surface area contributed by atoms with Gasteiger partial charge in [-0.1, -0.05) is 42.5 Å². The molecule has 0 spiro atoms. The van der Waals surface area contributed by atoms with Crippen molar-refractivity contribution in [2.24, 2.45) is 0 Å². The molecule has 0 fully saturated rings. The monoisotopic (exact) mass is 330 g/mol. The molecule has 3 aromatic rings. The van der Waals surface area contributed by atoms with E-state index in [1.54, 1.807) is 12.1 Å². The van der Waals surface area contributed by atoms with Crippen molar-refractivity contribution in [2.45, 2.75) is 13.1 Å². The van der Waals surface area contributed by atoms with Crippen molar-refractivity contribution >= 4 is 23.0 Å². The molecule has 124 valence electrons. The zero-order valence-corrected chi connectivity index (χ0v) is 13.6. The molecule has 1 heterocycles. The molecule has 4 nitrogen and oxygen atoms in total. The highest BCUT2D eigenvalue weighted by atomic mass is 16.4. The Labute approximate surface area is 146 Å². The number of rotatable bonds is 3. The first-order valence-corrected chi connectivity index (χ1v) is 8.22. The van der Waals surface area contributed by atoms with Gasteiger partial charge >= 0.3 is 5.97 Å². The van der Waals surface area contributed by atoms with Crippen LogP contribution in [0.4, 0.5) is 17.1 Å². The van der Waals surface area contributed by atoms with Crippen molar-refractivity contribution in [1.29, 1.82) is 0 Å². The maximum absolute atomic E-state index is 11.0. The standard InChI is InChI=1S/C21H18N2O2/c24-21(25)16-11-9-15(10-12-16)13-23-14-17-5-1-2-6-18(17)22-19-7-3-4-8-20(19)23/h1-12,22H,13-14H2,(H,24,25). The van der Waals surface area contributed by atoms with Gasteiger partial charge in [0.1, 0.15) is 0 Å². The highest BCUT2D eigenvalue weighted by Crippen LogP contribution is 2.36. The van der Waals surface area contributed by atoms with E-state index in [-0.39, 0.29) is 0 Å². The Morgan fingerprint density at radius 2 is 1.60 bits per heavy atom. The van der Waals surface area contributed by atoms with Gasteiger partial charge in [0, 0.05) is 18.8 Å². The lowest BCUT2D eigenvalue weighted by Crippen LogP contribution is -2.21. The Hall–Kier alpha value is -3.27. The fourth-order valence-electron chi connectivity index (χ4n) is 3.19. The smallest absolute Gasteiger partial charge is 0.335 e. The molecule has 0 aliphatic carbocycles. The van der Waals surface area contributed by atoms with Gasteiger partial charge in [-0.2, -0.15) is 0 Å². The molecule has 0 saturated carbocycles. The van der Waals surface area contributed by atoms with Gasteiger partial charge in [-0.15, -0.1) is 0 Å². The Kier molecular flexibility index (Phi) is 3.86. The first kappa shape index (κ1) is 15.3. The Bertz CT molecular complexity index is 919. The summed E-state index contributed by atoms with van der Waals surface area (Å²) in [5.74, 6) is -0.898. The van der Waals surface area contributed by atoms with Crippen LogP contribution in [0.5, 0.6) is 0 Å². The largest absolute Gasteiger partial charge is 0.478 e. The number of fused-ring (bicyclic) bond motifs is 2. The topological polar surface area (TPSA) is 52.6 Å². The lowest BCUT2D eigenvalue weighted by molar-refractivity contribution is 0.0697. The van der Waals surface area contributed by atoms with Crippen molar-refractivity contribution in [3.8, 4) is 0 Å². The molecule has 0 bridgehead atoms. The zero-order valence-electron chi connectivity index (χ0n) is 13.6. The van der Waals surface area contributed by atoms with E-state index >= 15 is 0 Å². The molecule has 4 rings (SSSR count). The first-order chi connectivity index (χ1) is 12.2. The van der Waals surface area contributed by atoms with E-state index in [0.29, 0.717) is 12.1 Å². The second-order valence-corrected chi connectivity index (χ2v) is 6.16. The number of hydrogen-bond acceptors (Lipinski definition) is 3. The van der Waals surface area contributed by atoms with Gasteiger partial charge in [-0.05, 0) is 41.5 Å². The molecule has 3 aromatic carbocycles. The molecule has 2 N–H and O–H groups in total. The van der Waals surface area contributed by atoms with Gasteiger partial charge in [0.05, 0.1) is 16.9 Å². The molecular weight excluding hydrogens is 312 g/mol. The SMILES string of the molecule is O=C(O)c1ccc(CN2Cc3ccccc3Nc3ccccc32)cc1. The molecule has 0 amide bonds. The third kappa shape index (κ3) is 3.06. The molecule has 0 atom stereocenters. The van der Waals surface area contributed by atoms with Crippen molar-refractivity contribution in [1.82, 2.24) is 0 Å². The fourth-order valence-corrected chi connectivity index (χ4v) is 3.19. The number of carbonyl (C=O) groups is 1. The van der Waals surface area contributed by atoms with Gasteiger partial charge in [0.15, 0.2) is 0 Å². The van der Waals surface area contributed by atoms with Gasteiger partial charge in [0.2, 0.25) is 0 Å². The average molecular weight is 330 g/mol. The third-order valence-corrected chi connectivity index (χ3v) is 4.47. The van der Waals surface area contributed by atoms with Gasteiger partial charge in [0.25, 0.3) is 0 Å². The Morgan fingerprint density at radius 1 is 0.920 bits per heavy atom. The predicted molar refractivity (Wildman–Crippen MR) is 99.5 cm³/mol. The van der Waals surface area contributed by atoms with Crippen LogP contribution in [0.15, 0.2) is 72.8 Å². The highest BCUT2D eigenvalue weighted by molar-refractivity contribution is 5.87. The maximum atomic E-state index is 11.0. The van der Waals surface area contributed by atoms with Gasteiger partial charge < -0.3 is 15.3 Å². The summed E-state index contributed by atoms with van der Waals surface area (Å²) < 4.78 is 0. The van der Waals surface area contributed by atoms with Gasteiger partial charge in [-0.25, -0.2) is 4.79 Å². The van der Waals surface area contributed by atoms with Crippen LogP contribution in [0.3, 0.4) is 0 Å². The van der Waals surface area contributed by atoms with Crippen LogP contribution in [0.25, 0.3) is 0 Å². The fraction of sp³-hybridized carbons (Fsp3) is 0.0952. The van der Waals surface area contributed by atoms with Crippen molar-refractivity contribution in [3.05, 3.63) is 89.5 Å². The summed E-state index contributed by atoms with van der Waals surface area (Å²) in [5, 5.41) is 12.6. The molecule has 25 heavy (non-hydrogen) atoms. The average Bonchev–Trinajstić information content (AvgIpc) is 2.79. The summed E-state index contributed by atoms with van der Waals surface area (Å²) in [7, 11) is 0. The van der Waals surface area contributed by atoms with Crippen LogP contribution < -0.4 is 10.2 Å². The van der Waals surface area contributed by atoms with Crippen LogP contribution >= 0.6 is 0 Å². The minimum Gasteiger partial charge on any atom is -0.478 e. The number of carboxylic acids is 1. The number of carboxylic acid groups (broad SMARTS) is 1. The minimum atomic E-state index is -0.898. The number of nitrogens with zero attached hydrogens (tertiary/aromatic N) is 1. The van der Waals surface area contributed by atoms with Crippen molar-refractivity contribution < 1.29 is 9.90 Å². The number of anilines is 3. The molecular formula is C21H18N2O2. The highest BCUT2D eigenvalue weighted by Gasteiger charge is 2.18. The quantitative estimate of drug-likeness (QED) is 0.734.